The number of carboxylic acid groups (broad SMARTS) is 1. The summed E-state index contributed by atoms with van der Waals surface area (Å²) >= 11 is 0. The largest absolute Gasteiger partial charge is 0.481 e. The first-order valence-corrected chi connectivity index (χ1v) is 6.38. The molecule has 1 aromatic carbocycles. The van der Waals surface area contributed by atoms with Crippen molar-refractivity contribution >= 4 is 17.6 Å². The maximum atomic E-state index is 11.9. The van der Waals surface area contributed by atoms with Gasteiger partial charge in [0.15, 0.2) is 0 Å². The molecule has 2 rings (SSSR count). The first-order chi connectivity index (χ1) is 9.15. The number of benzene rings is 1. The van der Waals surface area contributed by atoms with E-state index in [1.807, 2.05) is 0 Å². The van der Waals surface area contributed by atoms with Gasteiger partial charge in [0.25, 0.3) is 5.91 Å². The van der Waals surface area contributed by atoms with Crippen LogP contribution < -0.4 is 5.32 Å². The average Bonchev–Trinajstić information content (AvgIpc) is 2.41. The highest BCUT2D eigenvalue weighted by atomic mass is 16.5. The lowest BCUT2D eigenvalue weighted by atomic mass is 10.1. The van der Waals surface area contributed by atoms with Crippen LogP contribution in [0.25, 0.3) is 0 Å². The van der Waals surface area contributed by atoms with Crippen LogP contribution in [0.2, 0.25) is 0 Å². The number of rotatable bonds is 4. The highest BCUT2D eigenvalue weighted by molar-refractivity contribution is 5.94. The maximum absolute atomic E-state index is 11.9. The molecule has 2 N–H and O–H groups in total. The van der Waals surface area contributed by atoms with E-state index in [1.54, 1.807) is 24.3 Å². The van der Waals surface area contributed by atoms with Crippen LogP contribution in [0.4, 0.5) is 5.69 Å². The molecule has 1 saturated heterocycles. The first-order valence-electron chi connectivity index (χ1n) is 6.38. The second-order valence-corrected chi connectivity index (χ2v) is 4.61. The van der Waals surface area contributed by atoms with Gasteiger partial charge < -0.3 is 15.2 Å². The predicted molar refractivity (Wildman–Crippen MR) is 70.0 cm³/mol. The van der Waals surface area contributed by atoms with Gasteiger partial charge in [-0.3, -0.25) is 9.59 Å². The van der Waals surface area contributed by atoms with Crippen molar-refractivity contribution in [3.8, 4) is 0 Å². The fourth-order valence-electron chi connectivity index (χ4n) is 2.05. The second-order valence-electron chi connectivity index (χ2n) is 4.61. The van der Waals surface area contributed by atoms with Crippen LogP contribution in [-0.2, 0) is 20.7 Å². The topological polar surface area (TPSA) is 75.6 Å². The minimum atomic E-state index is -0.868. The predicted octanol–water partition coefficient (Wildman–Crippen LogP) is 1.82. The van der Waals surface area contributed by atoms with Crippen molar-refractivity contribution in [2.45, 2.75) is 31.8 Å². The standard InChI is InChI=1S/C14H17NO4/c16-13(17)9-10-4-6-11(7-5-10)15-14(18)12-3-1-2-8-19-12/h4-7,12H,1-3,8-9H2,(H,15,18)(H,16,17). The molecule has 1 unspecified atom stereocenters. The van der Waals surface area contributed by atoms with Gasteiger partial charge in [0.2, 0.25) is 0 Å². The lowest BCUT2D eigenvalue weighted by Gasteiger charge is -2.21. The third kappa shape index (κ3) is 4.06. The molecule has 1 fully saturated rings. The van der Waals surface area contributed by atoms with Crippen LogP contribution in [0.15, 0.2) is 24.3 Å². The van der Waals surface area contributed by atoms with Gasteiger partial charge in [0.05, 0.1) is 6.42 Å². The van der Waals surface area contributed by atoms with Gasteiger partial charge in [-0.2, -0.15) is 0 Å². The zero-order chi connectivity index (χ0) is 13.7. The maximum Gasteiger partial charge on any atom is 0.307 e. The molecule has 1 amide bonds. The van der Waals surface area contributed by atoms with Crippen molar-refractivity contribution < 1.29 is 19.4 Å². The van der Waals surface area contributed by atoms with E-state index in [1.165, 1.54) is 0 Å². The normalized spacial score (nSPS) is 18.8. The van der Waals surface area contributed by atoms with Crippen molar-refractivity contribution in [2.24, 2.45) is 0 Å². The summed E-state index contributed by atoms with van der Waals surface area (Å²) in [5, 5.41) is 11.4. The molecule has 0 aromatic heterocycles. The van der Waals surface area contributed by atoms with Crippen molar-refractivity contribution in [3.05, 3.63) is 29.8 Å². The minimum Gasteiger partial charge on any atom is -0.481 e. The molecular weight excluding hydrogens is 246 g/mol. The number of amides is 1. The quantitative estimate of drug-likeness (QED) is 0.868. The summed E-state index contributed by atoms with van der Waals surface area (Å²) in [6.45, 7) is 0.635. The van der Waals surface area contributed by atoms with Crippen LogP contribution in [-0.4, -0.2) is 29.7 Å². The fourth-order valence-corrected chi connectivity index (χ4v) is 2.05. The number of carboxylic acids is 1. The summed E-state index contributed by atoms with van der Waals surface area (Å²) in [5.41, 5.74) is 1.37. The average molecular weight is 263 g/mol. The van der Waals surface area contributed by atoms with Gasteiger partial charge in [-0.1, -0.05) is 12.1 Å². The molecule has 1 atom stereocenters. The Balaban J connectivity index is 1.91. The van der Waals surface area contributed by atoms with Crippen molar-refractivity contribution in [2.75, 3.05) is 11.9 Å². The molecule has 1 aromatic rings. The highest BCUT2D eigenvalue weighted by Crippen LogP contribution is 2.16. The van der Waals surface area contributed by atoms with Crippen LogP contribution in [0.1, 0.15) is 24.8 Å². The Morgan fingerprint density at radius 1 is 1.26 bits per heavy atom. The zero-order valence-electron chi connectivity index (χ0n) is 10.6. The molecule has 1 aliphatic heterocycles. The Morgan fingerprint density at radius 3 is 2.58 bits per heavy atom. The monoisotopic (exact) mass is 263 g/mol. The Hall–Kier alpha value is -1.88. The third-order valence-corrected chi connectivity index (χ3v) is 3.05. The summed E-state index contributed by atoms with van der Waals surface area (Å²) in [4.78, 5) is 22.5. The molecule has 19 heavy (non-hydrogen) atoms. The SMILES string of the molecule is O=C(O)Cc1ccc(NC(=O)C2CCCCO2)cc1. The molecule has 0 aliphatic carbocycles. The lowest BCUT2D eigenvalue weighted by molar-refractivity contribution is -0.136. The summed E-state index contributed by atoms with van der Waals surface area (Å²) in [7, 11) is 0. The fraction of sp³-hybridized carbons (Fsp3) is 0.429. The highest BCUT2D eigenvalue weighted by Gasteiger charge is 2.21. The van der Waals surface area contributed by atoms with Crippen molar-refractivity contribution in [3.63, 3.8) is 0 Å². The Kier molecular flexibility index (Phi) is 4.52. The lowest BCUT2D eigenvalue weighted by Crippen LogP contribution is -2.33. The Bertz CT molecular complexity index is 449. The van der Waals surface area contributed by atoms with Crippen LogP contribution in [0.3, 0.4) is 0 Å². The summed E-state index contributed by atoms with van der Waals surface area (Å²) in [5.74, 6) is -1.00. The Labute approximate surface area is 111 Å². The number of hydrogen-bond donors (Lipinski definition) is 2. The first kappa shape index (κ1) is 13.5. The number of nitrogens with one attached hydrogen (secondary N) is 1. The van der Waals surface area contributed by atoms with Gasteiger partial charge in [0, 0.05) is 12.3 Å². The van der Waals surface area contributed by atoms with Crippen LogP contribution >= 0.6 is 0 Å². The van der Waals surface area contributed by atoms with E-state index in [2.05, 4.69) is 5.32 Å². The van der Waals surface area contributed by atoms with E-state index >= 15 is 0 Å². The molecule has 0 bridgehead atoms. The molecule has 5 heteroatoms. The second kappa shape index (κ2) is 6.33. The van der Waals surface area contributed by atoms with E-state index in [9.17, 15) is 9.59 Å². The summed E-state index contributed by atoms with van der Waals surface area (Å²) in [6, 6.07) is 6.81. The van der Waals surface area contributed by atoms with Gasteiger partial charge in [-0.25, -0.2) is 0 Å². The van der Waals surface area contributed by atoms with E-state index < -0.39 is 5.97 Å². The molecule has 0 radical (unpaired) electrons. The van der Waals surface area contributed by atoms with Crippen LogP contribution in [0, 0.1) is 0 Å². The molecule has 1 aliphatic rings. The van der Waals surface area contributed by atoms with E-state index in [0.29, 0.717) is 17.9 Å². The van der Waals surface area contributed by atoms with Gasteiger partial charge in [-0.15, -0.1) is 0 Å². The zero-order valence-corrected chi connectivity index (χ0v) is 10.6. The minimum absolute atomic E-state index is 0.0139. The smallest absolute Gasteiger partial charge is 0.307 e. The summed E-state index contributed by atoms with van der Waals surface area (Å²) < 4.78 is 5.40. The number of anilines is 1. The summed E-state index contributed by atoms with van der Waals surface area (Å²) in [6.07, 6.45) is 2.39. The molecule has 1 heterocycles. The molecule has 5 nitrogen and oxygen atoms in total. The molecule has 102 valence electrons. The third-order valence-electron chi connectivity index (χ3n) is 3.05. The van der Waals surface area contributed by atoms with Crippen LogP contribution in [0.5, 0.6) is 0 Å². The van der Waals surface area contributed by atoms with Crippen molar-refractivity contribution in [1.29, 1.82) is 0 Å². The van der Waals surface area contributed by atoms with E-state index in [4.69, 9.17) is 9.84 Å². The van der Waals surface area contributed by atoms with Gasteiger partial charge in [0.1, 0.15) is 6.10 Å². The van der Waals surface area contributed by atoms with E-state index in [0.717, 1.165) is 19.3 Å². The van der Waals surface area contributed by atoms with Crippen molar-refractivity contribution in [1.82, 2.24) is 0 Å². The number of aliphatic carboxylic acids is 1. The molecule has 0 spiro atoms. The number of hydrogen-bond acceptors (Lipinski definition) is 3. The number of carbonyl (C=O) groups is 2. The molecular formula is C14H17NO4. The van der Waals surface area contributed by atoms with Gasteiger partial charge in [-0.05, 0) is 37.0 Å². The Morgan fingerprint density at radius 2 is 2.00 bits per heavy atom. The van der Waals surface area contributed by atoms with Gasteiger partial charge >= 0.3 is 5.97 Å². The number of carbonyl (C=O) groups excluding carboxylic acids is 1. The molecule has 0 saturated carbocycles. The number of ether oxygens (including phenoxy) is 1. The van der Waals surface area contributed by atoms with E-state index in [-0.39, 0.29) is 18.4 Å².